The summed E-state index contributed by atoms with van der Waals surface area (Å²) in [6.45, 7) is 7.26. The maximum atomic E-state index is 11.6. The molecule has 0 radical (unpaired) electrons. The van der Waals surface area contributed by atoms with Gasteiger partial charge < -0.3 is 15.2 Å². The first-order chi connectivity index (χ1) is 9.69. The molecule has 1 atom stereocenters. The van der Waals surface area contributed by atoms with Crippen LogP contribution in [-0.2, 0) is 16.0 Å². The first kappa shape index (κ1) is 17.0. The van der Waals surface area contributed by atoms with Gasteiger partial charge in [-0.15, -0.1) is 0 Å². The van der Waals surface area contributed by atoms with Gasteiger partial charge >= 0.3 is 12.1 Å². The number of carboxylic acid groups (broad SMARTS) is 1. The number of ether oxygens (including phenoxy) is 1. The second-order valence-electron chi connectivity index (χ2n) is 6.05. The van der Waals surface area contributed by atoms with Crippen LogP contribution in [0.5, 0.6) is 0 Å². The fourth-order valence-corrected chi connectivity index (χ4v) is 1.87. The summed E-state index contributed by atoms with van der Waals surface area (Å²) in [5.74, 6) is -1.62. The summed E-state index contributed by atoms with van der Waals surface area (Å²) in [4.78, 5) is 22.9. The van der Waals surface area contributed by atoms with Crippen molar-refractivity contribution in [2.45, 2.75) is 39.7 Å². The number of aliphatic carboxylic acids is 1. The number of rotatable bonds is 5. The highest BCUT2D eigenvalue weighted by atomic mass is 16.6. The van der Waals surface area contributed by atoms with E-state index in [0.717, 1.165) is 11.1 Å². The Morgan fingerprint density at radius 2 is 1.90 bits per heavy atom. The van der Waals surface area contributed by atoms with Crippen LogP contribution in [0, 0.1) is 12.8 Å². The highest BCUT2D eigenvalue weighted by Crippen LogP contribution is 2.14. The third-order valence-corrected chi connectivity index (χ3v) is 2.97. The van der Waals surface area contributed by atoms with E-state index in [-0.39, 0.29) is 6.54 Å². The largest absolute Gasteiger partial charge is 0.481 e. The van der Waals surface area contributed by atoms with Gasteiger partial charge in [-0.2, -0.15) is 0 Å². The van der Waals surface area contributed by atoms with Crippen LogP contribution in [0.4, 0.5) is 4.79 Å². The number of carbonyl (C=O) groups excluding carboxylic acids is 1. The first-order valence-corrected chi connectivity index (χ1v) is 6.93. The minimum absolute atomic E-state index is 0.0403. The molecule has 5 nitrogen and oxygen atoms in total. The summed E-state index contributed by atoms with van der Waals surface area (Å²) < 4.78 is 5.10. The maximum Gasteiger partial charge on any atom is 0.407 e. The van der Waals surface area contributed by atoms with Crippen molar-refractivity contribution in [2.24, 2.45) is 5.92 Å². The molecule has 0 aliphatic carbocycles. The molecule has 5 heteroatoms. The molecule has 0 aliphatic rings. The fraction of sp³-hybridized carbons (Fsp3) is 0.500. The minimum Gasteiger partial charge on any atom is -0.481 e. The number of nitrogens with one attached hydrogen (secondary N) is 1. The summed E-state index contributed by atoms with van der Waals surface area (Å²) >= 11 is 0. The highest BCUT2D eigenvalue weighted by Gasteiger charge is 2.22. The van der Waals surface area contributed by atoms with Crippen molar-refractivity contribution in [1.29, 1.82) is 0 Å². The summed E-state index contributed by atoms with van der Waals surface area (Å²) in [6.07, 6.45) is -0.226. The molecule has 116 valence electrons. The molecule has 0 aromatic heterocycles. The molecular weight excluding hydrogens is 270 g/mol. The Kier molecular flexibility index (Phi) is 5.76. The third-order valence-electron chi connectivity index (χ3n) is 2.97. The van der Waals surface area contributed by atoms with Gasteiger partial charge in [0.25, 0.3) is 0 Å². The van der Waals surface area contributed by atoms with Gasteiger partial charge in [-0.3, -0.25) is 4.79 Å². The van der Waals surface area contributed by atoms with Crippen LogP contribution in [0.25, 0.3) is 0 Å². The topological polar surface area (TPSA) is 75.6 Å². The average molecular weight is 293 g/mol. The van der Waals surface area contributed by atoms with Crippen molar-refractivity contribution >= 4 is 12.1 Å². The van der Waals surface area contributed by atoms with Gasteiger partial charge in [0.1, 0.15) is 5.60 Å². The van der Waals surface area contributed by atoms with Gasteiger partial charge in [-0.05, 0) is 45.2 Å². The van der Waals surface area contributed by atoms with Crippen molar-refractivity contribution in [3.05, 3.63) is 35.4 Å². The summed E-state index contributed by atoms with van der Waals surface area (Å²) in [7, 11) is 0. The Balaban J connectivity index is 2.61. The Hall–Kier alpha value is -2.04. The lowest BCUT2D eigenvalue weighted by Crippen LogP contribution is -2.37. The van der Waals surface area contributed by atoms with Crippen LogP contribution in [0.1, 0.15) is 31.9 Å². The zero-order valence-electron chi connectivity index (χ0n) is 13.0. The molecule has 0 aliphatic heterocycles. The standard InChI is InChI=1S/C16H23NO4/c1-11-7-5-6-8-12(11)9-13(14(18)19)10-17-15(20)21-16(2,3)4/h5-8,13H,9-10H2,1-4H3,(H,17,20)(H,18,19)/t13-/m0/s1. The van der Waals surface area contributed by atoms with Crippen molar-refractivity contribution in [2.75, 3.05) is 6.54 Å². The van der Waals surface area contributed by atoms with Crippen LogP contribution >= 0.6 is 0 Å². The van der Waals surface area contributed by atoms with Crippen LogP contribution in [-0.4, -0.2) is 29.3 Å². The lowest BCUT2D eigenvalue weighted by molar-refractivity contribution is -0.141. The van der Waals surface area contributed by atoms with Gasteiger partial charge in [0.05, 0.1) is 5.92 Å². The smallest absolute Gasteiger partial charge is 0.407 e. The number of aryl methyl sites for hydroxylation is 1. The van der Waals surface area contributed by atoms with Crippen LogP contribution in [0.2, 0.25) is 0 Å². The number of carbonyl (C=O) groups is 2. The lowest BCUT2D eigenvalue weighted by atomic mass is 9.96. The number of hydrogen-bond acceptors (Lipinski definition) is 3. The third kappa shape index (κ3) is 6.29. The predicted octanol–water partition coefficient (Wildman–Crippen LogP) is 2.76. The zero-order chi connectivity index (χ0) is 16.0. The van der Waals surface area contributed by atoms with Gasteiger partial charge in [0.2, 0.25) is 0 Å². The Labute approximate surface area is 125 Å². The van der Waals surface area contributed by atoms with E-state index in [0.29, 0.717) is 6.42 Å². The molecule has 0 saturated heterocycles. The van der Waals surface area contributed by atoms with Crippen LogP contribution in [0.3, 0.4) is 0 Å². The monoisotopic (exact) mass is 293 g/mol. The van der Waals surface area contributed by atoms with E-state index in [1.165, 1.54) is 0 Å². The molecule has 0 bridgehead atoms. The van der Waals surface area contributed by atoms with E-state index in [9.17, 15) is 14.7 Å². The van der Waals surface area contributed by atoms with Gasteiger partial charge in [-0.1, -0.05) is 24.3 Å². The lowest BCUT2D eigenvalue weighted by Gasteiger charge is -2.21. The Bertz CT molecular complexity index is 505. The Morgan fingerprint density at radius 1 is 1.29 bits per heavy atom. The van der Waals surface area contributed by atoms with E-state index in [4.69, 9.17) is 4.74 Å². The molecule has 1 aromatic carbocycles. The molecule has 0 spiro atoms. The van der Waals surface area contributed by atoms with E-state index < -0.39 is 23.6 Å². The SMILES string of the molecule is Cc1ccccc1C[C@@H](CNC(=O)OC(C)(C)C)C(=O)O. The van der Waals surface area contributed by atoms with Crippen molar-refractivity contribution in [3.63, 3.8) is 0 Å². The van der Waals surface area contributed by atoms with E-state index >= 15 is 0 Å². The van der Waals surface area contributed by atoms with Gasteiger partial charge in [0, 0.05) is 6.54 Å². The fourth-order valence-electron chi connectivity index (χ4n) is 1.87. The molecule has 21 heavy (non-hydrogen) atoms. The van der Waals surface area contributed by atoms with E-state index in [2.05, 4.69) is 5.32 Å². The number of amides is 1. The minimum atomic E-state index is -0.936. The number of hydrogen-bond donors (Lipinski definition) is 2. The molecule has 1 aromatic rings. The average Bonchev–Trinajstić information content (AvgIpc) is 2.34. The van der Waals surface area contributed by atoms with Crippen molar-refractivity contribution < 1.29 is 19.4 Å². The van der Waals surface area contributed by atoms with Gasteiger partial charge in [0.15, 0.2) is 0 Å². The van der Waals surface area contributed by atoms with Crippen LogP contribution < -0.4 is 5.32 Å². The summed E-state index contributed by atoms with van der Waals surface area (Å²) in [5, 5.41) is 11.8. The number of benzene rings is 1. The second kappa shape index (κ2) is 7.11. The maximum absolute atomic E-state index is 11.6. The molecule has 2 N–H and O–H groups in total. The Morgan fingerprint density at radius 3 is 2.43 bits per heavy atom. The predicted molar refractivity (Wildman–Crippen MR) is 80.2 cm³/mol. The highest BCUT2D eigenvalue weighted by molar-refractivity contribution is 5.73. The molecule has 1 amide bonds. The molecule has 0 heterocycles. The second-order valence-corrected chi connectivity index (χ2v) is 6.05. The normalized spacial score (nSPS) is 12.6. The number of alkyl carbamates (subject to hydrolysis) is 1. The number of carboxylic acids is 1. The molecule has 0 unspecified atom stereocenters. The van der Waals surface area contributed by atoms with E-state index in [1.807, 2.05) is 31.2 Å². The van der Waals surface area contributed by atoms with Crippen LogP contribution in [0.15, 0.2) is 24.3 Å². The zero-order valence-corrected chi connectivity index (χ0v) is 13.0. The summed E-state index contributed by atoms with van der Waals surface area (Å²) in [5.41, 5.74) is 1.41. The van der Waals surface area contributed by atoms with Crippen molar-refractivity contribution in [1.82, 2.24) is 5.32 Å². The first-order valence-electron chi connectivity index (χ1n) is 6.93. The van der Waals surface area contributed by atoms with Crippen molar-refractivity contribution in [3.8, 4) is 0 Å². The molecule has 1 rings (SSSR count). The molecule has 0 fully saturated rings. The van der Waals surface area contributed by atoms with Gasteiger partial charge in [-0.25, -0.2) is 4.79 Å². The summed E-state index contributed by atoms with van der Waals surface area (Å²) in [6, 6.07) is 7.63. The molecule has 0 saturated carbocycles. The quantitative estimate of drug-likeness (QED) is 0.875. The van der Waals surface area contributed by atoms with E-state index in [1.54, 1.807) is 20.8 Å². The molecular formula is C16H23NO4.